The number of piperazine rings is 1. The number of carbonyl (C=O) groups excluding carboxylic acids is 2. The van der Waals surface area contributed by atoms with Gasteiger partial charge in [0.05, 0.1) is 18.5 Å². The molecule has 1 aliphatic heterocycles. The Labute approximate surface area is 179 Å². The van der Waals surface area contributed by atoms with Crippen LogP contribution in [-0.4, -0.2) is 72.8 Å². The Morgan fingerprint density at radius 2 is 1.84 bits per heavy atom. The van der Waals surface area contributed by atoms with Gasteiger partial charge in [0.1, 0.15) is 16.8 Å². The van der Waals surface area contributed by atoms with Crippen LogP contribution < -0.4 is 4.72 Å². The summed E-state index contributed by atoms with van der Waals surface area (Å²) in [6.45, 7) is 5.11. The summed E-state index contributed by atoms with van der Waals surface area (Å²) < 4.78 is 47.2. The van der Waals surface area contributed by atoms with E-state index in [1.807, 2.05) is 0 Å². The molecule has 0 saturated carbocycles. The maximum absolute atomic E-state index is 13.8. The fourth-order valence-corrected chi connectivity index (χ4v) is 4.29. The third kappa shape index (κ3) is 5.13. The molecule has 1 saturated heterocycles. The number of hydrogen-bond acceptors (Lipinski definition) is 6. The van der Waals surface area contributed by atoms with Crippen LogP contribution in [0.2, 0.25) is 0 Å². The normalized spacial score (nSPS) is 15.5. The Bertz CT molecular complexity index is 1050. The zero-order valence-electron chi connectivity index (χ0n) is 17.2. The van der Waals surface area contributed by atoms with Crippen LogP contribution in [0.3, 0.4) is 0 Å². The van der Waals surface area contributed by atoms with Gasteiger partial charge < -0.3 is 14.5 Å². The van der Waals surface area contributed by atoms with Crippen LogP contribution in [0.4, 0.5) is 14.9 Å². The van der Waals surface area contributed by atoms with Crippen molar-refractivity contribution in [3.05, 3.63) is 42.5 Å². The molecule has 0 aliphatic carbocycles. The average Bonchev–Trinajstić information content (AvgIpc) is 3.21. The molecular weight excluding hydrogens is 429 g/mol. The van der Waals surface area contributed by atoms with Crippen molar-refractivity contribution in [2.75, 3.05) is 37.5 Å². The van der Waals surface area contributed by atoms with Crippen LogP contribution in [0.1, 0.15) is 19.9 Å². The van der Waals surface area contributed by atoms with Crippen LogP contribution in [0.15, 0.2) is 41.6 Å². The molecule has 2 aromatic rings. The third-order valence-electron chi connectivity index (χ3n) is 4.85. The number of halogens is 1. The summed E-state index contributed by atoms with van der Waals surface area (Å²) in [5.41, 5.74) is 0.107. The second-order valence-corrected chi connectivity index (χ2v) is 8.58. The molecule has 168 valence electrons. The number of nitrogens with zero attached hydrogens (tertiary/aromatic N) is 4. The highest BCUT2D eigenvalue weighted by Gasteiger charge is 2.29. The lowest BCUT2D eigenvalue weighted by molar-refractivity contribution is -0.136. The van der Waals surface area contributed by atoms with Crippen molar-refractivity contribution in [1.29, 1.82) is 0 Å². The van der Waals surface area contributed by atoms with Gasteiger partial charge >= 0.3 is 6.09 Å². The summed E-state index contributed by atoms with van der Waals surface area (Å²) in [4.78, 5) is 27.3. The van der Waals surface area contributed by atoms with Gasteiger partial charge in [0.25, 0.3) is 10.0 Å². The van der Waals surface area contributed by atoms with Gasteiger partial charge in [0.15, 0.2) is 0 Å². The SMILES string of the molecule is CCOC(=O)N1CCN(C(=O)C(C)n2cc(NS(=O)(=O)c3ccccc3F)cn2)CC1. The molecule has 1 aromatic carbocycles. The quantitative estimate of drug-likeness (QED) is 0.712. The van der Waals surface area contributed by atoms with Crippen molar-refractivity contribution in [2.24, 2.45) is 0 Å². The van der Waals surface area contributed by atoms with E-state index < -0.39 is 32.9 Å². The summed E-state index contributed by atoms with van der Waals surface area (Å²) in [5, 5.41) is 4.06. The largest absolute Gasteiger partial charge is 0.450 e. The third-order valence-corrected chi connectivity index (χ3v) is 6.27. The predicted molar refractivity (Wildman–Crippen MR) is 109 cm³/mol. The Morgan fingerprint density at radius 1 is 1.19 bits per heavy atom. The van der Waals surface area contributed by atoms with E-state index in [0.717, 1.165) is 12.1 Å². The number of sulfonamides is 1. The first kappa shape index (κ1) is 22.5. The number of amides is 2. The van der Waals surface area contributed by atoms with Crippen LogP contribution >= 0.6 is 0 Å². The first-order valence-corrected chi connectivity index (χ1v) is 11.2. The average molecular weight is 453 g/mol. The molecule has 1 aromatic heterocycles. The molecule has 1 N–H and O–H groups in total. The highest BCUT2D eigenvalue weighted by atomic mass is 32.2. The second kappa shape index (κ2) is 9.33. The summed E-state index contributed by atoms with van der Waals surface area (Å²) >= 11 is 0. The minimum atomic E-state index is -4.14. The summed E-state index contributed by atoms with van der Waals surface area (Å²) in [6.07, 6.45) is 2.22. The van der Waals surface area contributed by atoms with E-state index in [0.29, 0.717) is 26.2 Å². The molecule has 1 unspecified atom stereocenters. The van der Waals surface area contributed by atoms with Crippen molar-refractivity contribution in [1.82, 2.24) is 19.6 Å². The van der Waals surface area contributed by atoms with Gasteiger partial charge in [-0.1, -0.05) is 12.1 Å². The van der Waals surface area contributed by atoms with Gasteiger partial charge in [-0.05, 0) is 26.0 Å². The lowest BCUT2D eigenvalue weighted by Gasteiger charge is -2.35. The molecule has 10 nitrogen and oxygen atoms in total. The second-order valence-electron chi connectivity index (χ2n) is 6.93. The molecule has 12 heteroatoms. The number of anilines is 1. The maximum atomic E-state index is 13.8. The fraction of sp³-hybridized carbons (Fsp3) is 0.421. The zero-order chi connectivity index (χ0) is 22.6. The topological polar surface area (TPSA) is 114 Å². The number of nitrogens with one attached hydrogen (secondary N) is 1. The molecule has 0 radical (unpaired) electrons. The molecular formula is C19H24FN5O5S. The van der Waals surface area contributed by atoms with E-state index in [4.69, 9.17) is 4.74 Å². The van der Waals surface area contributed by atoms with Gasteiger partial charge in [-0.25, -0.2) is 17.6 Å². The van der Waals surface area contributed by atoms with Crippen molar-refractivity contribution < 1.29 is 27.1 Å². The Kier molecular flexibility index (Phi) is 6.78. The standard InChI is InChI=1S/C19H24FN5O5S/c1-3-30-19(27)24-10-8-23(9-11-24)18(26)14(2)25-13-15(12-21-25)22-31(28,29)17-7-5-4-6-16(17)20/h4-7,12-14,22H,3,8-11H2,1-2H3. The van der Waals surface area contributed by atoms with E-state index in [9.17, 15) is 22.4 Å². The zero-order valence-corrected chi connectivity index (χ0v) is 18.0. The van der Waals surface area contributed by atoms with Gasteiger partial charge in [0.2, 0.25) is 5.91 Å². The monoisotopic (exact) mass is 453 g/mol. The summed E-state index contributed by atoms with van der Waals surface area (Å²) in [5.74, 6) is -1.08. The highest BCUT2D eigenvalue weighted by Crippen LogP contribution is 2.20. The van der Waals surface area contributed by atoms with E-state index in [1.165, 1.54) is 29.2 Å². The molecule has 0 spiro atoms. The van der Waals surface area contributed by atoms with Crippen LogP contribution in [0.5, 0.6) is 0 Å². The Morgan fingerprint density at radius 3 is 2.48 bits per heavy atom. The molecule has 2 amide bonds. The molecule has 1 fully saturated rings. The Hall–Kier alpha value is -3.15. The first-order chi connectivity index (χ1) is 14.7. The van der Waals surface area contributed by atoms with Gasteiger partial charge in [0, 0.05) is 32.4 Å². The molecule has 2 heterocycles. The summed E-state index contributed by atoms with van der Waals surface area (Å²) in [7, 11) is -4.14. The lowest BCUT2D eigenvalue weighted by atomic mass is 10.2. The predicted octanol–water partition coefficient (Wildman–Crippen LogP) is 1.68. The number of ether oxygens (including phenoxy) is 1. The maximum Gasteiger partial charge on any atom is 0.409 e. The molecule has 1 atom stereocenters. The van der Waals surface area contributed by atoms with E-state index in [2.05, 4.69) is 9.82 Å². The number of carbonyl (C=O) groups is 2. The Balaban J connectivity index is 1.62. The summed E-state index contributed by atoms with van der Waals surface area (Å²) in [6, 6.07) is 4.33. The van der Waals surface area contributed by atoms with Crippen molar-refractivity contribution >= 4 is 27.7 Å². The highest BCUT2D eigenvalue weighted by molar-refractivity contribution is 7.92. The molecule has 31 heavy (non-hydrogen) atoms. The van der Waals surface area contributed by atoms with Gasteiger partial charge in [-0.3, -0.25) is 14.2 Å². The van der Waals surface area contributed by atoms with Crippen LogP contribution in [0.25, 0.3) is 0 Å². The smallest absolute Gasteiger partial charge is 0.409 e. The van der Waals surface area contributed by atoms with Crippen molar-refractivity contribution in [3.8, 4) is 0 Å². The molecule has 1 aliphatic rings. The van der Waals surface area contributed by atoms with Crippen molar-refractivity contribution in [3.63, 3.8) is 0 Å². The molecule has 0 bridgehead atoms. The number of rotatable bonds is 6. The number of hydrogen-bond donors (Lipinski definition) is 1. The number of aromatic nitrogens is 2. The van der Waals surface area contributed by atoms with Gasteiger partial charge in [-0.2, -0.15) is 5.10 Å². The van der Waals surface area contributed by atoms with Gasteiger partial charge in [-0.15, -0.1) is 0 Å². The molecule has 3 rings (SSSR count). The van der Waals surface area contributed by atoms with E-state index in [-0.39, 0.29) is 18.2 Å². The van der Waals surface area contributed by atoms with E-state index >= 15 is 0 Å². The lowest BCUT2D eigenvalue weighted by Crippen LogP contribution is -2.52. The fourth-order valence-electron chi connectivity index (χ4n) is 3.18. The van der Waals surface area contributed by atoms with Crippen molar-refractivity contribution in [2.45, 2.75) is 24.8 Å². The number of benzene rings is 1. The van der Waals surface area contributed by atoms with Crippen LogP contribution in [0, 0.1) is 5.82 Å². The first-order valence-electron chi connectivity index (χ1n) is 9.75. The minimum absolute atomic E-state index is 0.107. The van der Waals surface area contributed by atoms with Crippen LogP contribution in [-0.2, 0) is 19.6 Å². The minimum Gasteiger partial charge on any atom is -0.450 e. The van der Waals surface area contributed by atoms with E-state index in [1.54, 1.807) is 23.6 Å².